The lowest BCUT2D eigenvalue weighted by molar-refractivity contribution is 0.297. The largest absolute Gasteiger partial charge is 0.490 e. The van der Waals surface area contributed by atoms with E-state index in [2.05, 4.69) is 41.8 Å². The molecule has 0 amide bonds. The van der Waals surface area contributed by atoms with Gasteiger partial charge in [0.15, 0.2) is 23.3 Å². The van der Waals surface area contributed by atoms with Crippen LogP contribution in [-0.2, 0) is 0 Å². The van der Waals surface area contributed by atoms with E-state index < -0.39 is 5.56 Å². The van der Waals surface area contributed by atoms with Crippen LogP contribution in [0.1, 0.15) is 12.5 Å². The molecule has 7 nitrogen and oxygen atoms in total. The number of ether oxygens (including phenoxy) is 2. The zero-order chi connectivity index (χ0) is 19.3. The molecule has 0 radical (unpaired) electrons. The number of nitrogens with one attached hydrogen (secondary N) is 1. The first-order valence-corrected chi connectivity index (χ1v) is 10.0. The van der Waals surface area contributed by atoms with E-state index >= 15 is 0 Å². The van der Waals surface area contributed by atoms with Gasteiger partial charge in [-0.2, -0.15) is 10.5 Å². The van der Waals surface area contributed by atoms with E-state index in [1.807, 2.05) is 19.1 Å². The maximum Gasteiger partial charge on any atom is 0.270 e. The number of rotatable bonds is 6. The van der Waals surface area contributed by atoms with Crippen LogP contribution in [0.2, 0.25) is 0 Å². The number of nitrogens with zero attached hydrogens (tertiary/aromatic N) is 3. The third-order valence-electron chi connectivity index (χ3n) is 3.17. The molecule has 0 unspecified atom stereocenters. The predicted octanol–water partition coefficient (Wildman–Crippen LogP) is 3.86. The van der Waals surface area contributed by atoms with E-state index in [4.69, 9.17) is 14.7 Å². The fourth-order valence-corrected chi connectivity index (χ4v) is 3.49. The number of nitriles is 2. The Morgan fingerprint density at radius 1 is 1.31 bits per heavy atom. The van der Waals surface area contributed by atoms with E-state index in [1.54, 1.807) is 12.3 Å². The fraction of sp³-hybridized carbons (Fsp3) is 0.250. The van der Waals surface area contributed by atoms with Gasteiger partial charge in [0.1, 0.15) is 17.7 Å². The average Bonchev–Trinajstić information content (AvgIpc) is 2.63. The lowest BCUT2D eigenvalue weighted by atomic mass is 10.1. The van der Waals surface area contributed by atoms with Gasteiger partial charge in [-0.05, 0) is 51.1 Å². The van der Waals surface area contributed by atoms with Crippen LogP contribution >= 0.6 is 43.6 Å². The summed E-state index contributed by atoms with van der Waals surface area (Å²) in [6.07, 6.45) is 1.77. The van der Waals surface area contributed by atoms with Crippen molar-refractivity contribution >= 4 is 43.6 Å². The Balaban J connectivity index is 2.80. The number of aromatic amines is 1. The molecule has 2 rings (SSSR count). The first-order valence-electron chi connectivity index (χ1n) is 7.21. The summed E-state index contributed by atoms with van der Waals surface area (Å²) in [6.45, 7) is 2.01. The molecule has 0 spiro atoms. The maximum atomic E-state index is 12.2. The van der Waals surface area contributed by atoms with Gasteiger partial charge < -0.3 is 14.5 Å². The molecule has 1 aromatic carbocycles. The third-order valence-corrected chi connectivity index (χ3v) is 5.86. The van der Waals surface area contributed by atoms with E-state index in [0.717, 1.165) is 0 Å². The molecule has 26 heavy (non-hydrogen) atoms. The van der Waals surface area contributed by atoms with Crippen LogP contribution in [0.5, 0.6) is 11.5 Å². The summed E-state index contributed by atoms with van der Waals surface area (Å²) < 4.78 is 12.1. The quantitative estimate of drug-likeness (QED) is 0.474. The van der Waals surface area contributed by atoms with Crippen molar-refractivity contribution in [1.29, 1.82) is 10.5 Å². The van der Waals surface area contributed by atoms with Gasteiger partial charge in [0.2, 0.25) is 0 Å². The van der Waals surface area contributed by atoms with Gasteiger partial charge in [-0.3, -0.25) is 4.79 Å². The SMILES string of the molecule is CCOc1cc(-c2nc(SC)[nH]c(=O)c2C#N)c(Br)c(Br)c1OCC#N. The Bertz CT molecular complexity index is 979. The zero-order valence-corrected chi connectivity index (χ0v) is 17.7. The number of hydrogen-bond donors (Lipinski definition) is 1. The van der Waals surface area contributed by atoms with Gasteiger partial charge in [-0.15, -0.1) is 0 Å². The van der Waals surface area contributed by atoms with Crippen molar-refractivity contribution < 1.29 is 9.47 Å². The van der Waals surface area contributed by atoms with Crippen molar-refractivity contribution in [3.63, 3.8) is 0 Å². The highest BCUT2D eigenvalue weighted by atomic mass is 79.9. The summed E-state index contributed by atoms with van der Waals surface area (Å²) in [6, 6.07) is 5.42. The maximum absolute atomic E-state index is 12.2. The normalized spacial score (nSPS) is 10.1. The number of hydrogen-bond acceptors (Lipinski definition) is 7. The van der Waals surface area contributed by atoms with Crippen molar-refractivity contribution in [3.8, 4) is 34.9 Å². The molecule has 0 aliphatic heterocycles. The first-order chi connectivity index (χ1) is 12.5. The van der Waals surface area contributed by atoms with Crippen molar-refractivity contribution in [3.05, 3.63) is 30.9 Å². The first kappa shape index (κ1) is 20.3. The molecule has 0 aliphatic rings. The second-order valence-corrected chi connectivity index (χ2v) is 7.05. The highest BCUT2D eigenvalue weighted by Gasteiger charge is 2.22. The average molecular weight is 500 g/mol. The van der Waals surface area contributed by atoms with Crippen LogP contribution in [0.15, 0.2) is 25.0 Å². The summed E-state index contributed by atoms with van der Waals surface area (Å²) in [5.41, 5.74) is 0.0831. The molecular formula is C16H12Br2N4O3S. The molecule has 0 saturated carbocycles. The van der Waals surface area contributed by atoms with Gasteiger partial charge >= 0.3 is 0 Å². The van der Waals surface area contributed by atoms with E-state index in [1.165, 1.54) is 11.8 Å². The summed E-state index contributed by atoms with van der Waals surface area (Å²) in [4.78, 5) is 19.1. The second kappa shape index (κ2) is 9.08. The predicted molar refractivity (Wildman–Crippen MR) is 104 cm³/mol. The van der Waals surface area contributed by atoms with E-state index in [9.17, 15) is 10.1 Å². The van der Waals surface area contributed by atoms with Crippen molar-refractivity contribution in [1.82, 2.24) is 9.97 Å². The number of benzene rings is 1. The van der Waals surface area contributed by atoms with Crippen molar-refractivity contribution in [2.45, 2.75) is 12.1 Å². The molecule has 0 aliphatic carbocycles. The van der Waals surface area contributed by atoms with Crippen LogP contribution in [0, 0.1) is 22.7 Å². The van der Waals surface area contributed by atoms with Gasteiger partial charge in [0.05, 0.1) is 16.8 Å². The van der Waals surface area contributed by atoms with Gasteiger partial charge in [-0.25, -0.2) is 4.98 Å². The molecule has 0 fully saturated rings. The Labute approximate surface area is 170 Å². The summed E-state index contributed by atoms with van der Waals surface area (Å²) >= 11 is 8.12. The third kappa shape index (κ3) is 4.04. The van der Waals surface area contributed by atoms with Crippen LogP contribution < -0.4 is 15.0 Å². The second-order valence-electron chi connectivity index (χ2n) is 4.67. The fourth-order valence-electron chi connectivity index (χ4n) is 2.11. The van der Waals surface area contributed by atoms with Crippen LogP contribution in [0.3, 0.4) is 0 Å². The Kier molecular flexibility index (Phi) is 7.09. The number of aromatic nitrogens is 2. The van der Waals surface area contributed by atoms with Gasteiger partial charge in [0, 0.05) is 10.0 Å². The van der Waals surface area contributed by atoms with Crippen LogP contribution in [-0.4, -0.2) is 29.4 Å². The molecule has 2 aromatic rings. The Morgan fingerprint density at radius 3 is 2.62 bits per heavy atom. The standard InChI is InChI=1S/C16H12Br2N4O3S/c1-3-24-10-6-8(11(17)12(18)14(10)25-5-4-19)13-9(7-20)15(23)22-16(21-13)26-2/h6H,3,5H2,1-2H3,(H,21,22,23). The summed E-state index contributed by atoms with van der Waals surface area (Å²) in [5.74, 6) is 0.710. The number of H-pyrrole nitrogens is 1. The molecule has 0 atom stereocenters. The monoisotopic (exact) mass is 498 g/mol. The minimum absolute atomic E-state index is 0.108. The molecule has 1 N–H and O–H groups in total. The highest BCUT2D eigenvalue weighted by Crippen LogP contribution is 2.46. The summed E-state index contributed by atoms with van der Waals surface area (Å²) in [7, 11) is 0. The van der Waals surface area contributed by atoms with Crippen LogP contribution in [0.4, 0.5) is 0 Å². The van der Waals surface area contributed by atoms with Crippen LogP contribution in [0.25, 0.3) is 11.3 Å². The molecule has 1 aromatic heterocycles. The molecule has 0 bridgehead atoms. The molecular weight excluding hydrogens is 488 g/mol. The topological polar surface area (TPSA) is 112 Å². The molecule has 10 heteroatoms. The van der Waals surface area contributed by atoms with E-state index in [-0.39, 0.29) is 17.9 Å². The van der Waals surface area contributed by atoms with Crippen molar-refractivity contribution in [2.24, 2.45) is 0 Å². The van der Waals surface area contributed by atoms with Crippen molar-refractivity contribution in [2.75, 3.05) is 19.5 Å². The zero-order valence-electron chi connectivity index (χ0n) is 13.7. The lowest BCUT2D eigenvalue weighted by Crippen LogP contribution is -2.15. The molecule has 0 saturated heterocycles. The minimum Gasteiger partial charge on any atom is -0.490 e. The summed E-state index contributed by atoms with van der Waals surface area (Å²) in [5, 5.41) is 18.5. The number of halogens is 2. The Hall–Kier alpha value is -2.01. The smallest absolute Gasteiger partial charge is 0.270 e. The number of thioether (sulfide) groups is 1. The molecule has 134 valence electrons. The Morgan fingerprint density at radius 2 is 2.04 bits per heavy atom. The molecule has 1 heterocycles. The van der Waals surface area contributed by atoms with Gasteiger partial charge in [-0.1, -0.05) is 11.8 Å². The minimum atomic E-state index is -0.521. The van der Waals surface area contributed by atoms with E-state index in [0.29, 0.717) is 37.8 Å². The highest BCUT2D eigenvalue weighted by molar-refractivity contribution is 9.13. The lowest BCUT2D eigenvalue weighted by Gasteiger charge is -2.16. The van der Waals surface area contributed by atoms with Gasteiger partial charge in [0.25, 0.3) is 5.56 Å².